The van der Waals surface area contributed by atoms with Crippen molar-refractivity contribution in [2.45, 2.75) is 181 Å². The summed E-state index contributed by atoms with van der Waals surface area (Å²) >= 11 is 0. The maximum atomic E-state index is 13.5. The van der Waals surface area contributed by atoms with Gasteiger partial charge in [-0.05, 0) is 210 Å². The first-order chi connectivity index (χ1) is 58.7. The third-order valence-corrected chi connectivity index (χ3v) is 27.5. The van der Waals surface area contributed by atoms with Gasteiger partial charge in [-0.3, -0.25) is 43.1 Å². The van der Waals surface area contributed by atoms with E-state index in [0.29, 0.717) is 91.5 Å². The monoisotopic (exact) mass is 1740 g/mol. The average molecular weight is 1740 g/mol. The number of Topliss-reactive ketones (excluding diaryl/α,β-unsaturated/α-hetero) is 4. The van der Waals surface area contributed by atoms with Crippen LogP contribution in [-0.4, -0.2) is 148 Å². The Balaban J connectivity index is 0.000000209. The summed E-state index contributed by atoms with van der Waals surface area (Å²) in [6.07, 6.45) is 8.29. The number of nitrogens with zero attached hydrogens (tertiary/aromatic N) is 6. The van der Waals surface area contributed by atoms with Crippen molar-refractivity contribution in [3.63, 3.8) is 0 Å². The highest BCUT2D eigenvalue weighted by Crippen LogP contribution is 2.29. The second-order valence-electron chi connectivity index (χ2n) is 33.4. The molecule has 0 radical (unpaired) electrons. The number of sulfone groups is 3. The first kappa shape index (κ1) is 98.2. The summed E-state index contributed by atoms with van der Waals surface area (Å²) in [6.45, 7) is 28.8. The van der Waals surface area contributed by atoms with E-state index in [1.807, 2.05) is 180 Å². The molecule has 11 rings (SSSR count). The van der Waals surface area contributed by atoms with Crippen molar-refractivity contribution < 1.29 is 63.6 Å². The van der Waals surface area contributed by atoms with Crippen molar-refractivity contribution in [1.29, 1.82) is 0 Å². The van der Waals surface area contributed by atoms with Gasteiger partial charge in [-0.25, -0.2) is 25.3 Å². The number of benzene rings is 9. The lowest BCUT2D eigenvalue weighted by molar-refractivity contribution is -0.143. The van der Waals surface area contributed by atoms with Gasteiger partial charge in [0.1, 0.15) is 6.73 Å². The lowest BCUT2D eigenvalue weighted by atomic mass is 9.91. The second kappa shape index (κ2) is 45.9. The van der Waals surface area contributed by atoms with Crippen molar-refractivity contribution in [3.8, 4) is 0 Å². The van der Waals surface area contributed by atoms with Gasteiger partial charge in [0, 0.05) is 108 Å². The minimum atomic E-state index is -3.66. The summed E-state index contributed by atoms with van der Waals surface area (Å²) in [4.78, 5) is 93.4. The van der Waals surface area contributed by atoms with Crippen LogP contribution in [0.1, 0.15) is 195 Å². The number of carbonyl (C=O) groups is 7. The molecule has 3 atom stereocenters. The molecule has 656 valence electrons. The molecule has 0 bridgehead atoms. The molecule has 0 saturated carbocycles. The summed E-state index contributed by atoms with van der Waals surface area (Å²) in [7, 11) is -7.16. The highest BCUT2D eigenvalue weighted by molar-refractivity contribution is 7.92. The Morgan fingerprint density at radius 1 is 0.395 bits per heavy atom. The molecule has 2 heterocycles. The topological polar surface area (TPSA) is 272 Å². The van der Waals surface area contributed by atoms with Gasteiger partial charge in [0.25, 0.3) is 17.7 Å². The Morgan fingerprint density at radius 3 is 1.00 bits per heavy atom. The van der Waals surface area contributed by atoms with Crippen LogP contribution in [0.4, 0.5) is 5.69 Å². The van der Waals surface area contributed by atoms with E-state index in [1.165, 1.54) is 17.7 Å². The van der Waals surface area contributed by atoms with Crippen LogP contribution in [0, 0.1) is 65.2 Å². The maximum absolute atomic E-state index is 13.5. The van der Waals surface area contributed by atoms with E-state index < -0.39 is 47.3 Å². The van der Waals surface area contributed by atoms with Gasteiger partial charge >= 0.3 is 0 Å². The Kier molecular flexibility index (Phi) is 36.4. The molecule has 1 aliphatic heterocycles. The number of hydrogen-bond donors (Lipinski definition) is 0. The summed E-state index contributed by atoms with van der Waals surface area (Å²) < 4.78 is 86.3. The van der Waals surface area contributed by atoms with E-state index in [2.05, 4.69) is 42.9 Å². The fraction of sp³-hybridized carbons (Fsp3) is 0.356. The van der Waals surface area contributed by atoms with Crippen molar-refractivity contribution in [2.24, 2.45) is 23.7 Å². The molecule has 10 aromatic rings. The summed E-state index contributed by atoms with van der Waals surface area (Å²) in [5.41, 5.74) is 14.0. The number of ketones is 4. The van der Waals surface area contributed by atoms with Gasteiger partial charge in [-0.15, -0.1) is 5.10 Å². The van der Waals surface area contributed by atoms with E-state index >= 15 is 0 Å². The summed E-state index contributed by atoms with van der Waals surface area (Å²) in [5, 5.41) is 8.08. The number of carbonyl (C=O) groups excluding carboxylic acids is 7. The van der Waals surface area contributed by atoms with Crippen LogP contribution in [0.15, 0.2) is 251 Å². The van der Waals surface area contributed by atoms with Crippen LogP contribution in [-0.2, 0) is 69.6 Å². The fourth-order valence-electron chi connectivity index (χ4n) is 13.4. The second-order valence-corrected chi connectivity index (χ2v) is 39.5. The highest BCUT2D eigenvalue weighted by Gasteiger charge is 2.32. The predicted octanol–water partition coefficient (Wildman–Crippen LogP) is 18.5. The fourth-order valence-corrected chi connectivity index (χ4v) is 18.2. The molecule has 1 aliphatic rings. The zero-order valence-corrected chi connectivity index (χ0v) is 76.8. The van der Waals surface area contributed by atoms with Crippen LogP contribution in [0.25, 0.3) is 0 Å². The van der Waals surface area contributed by atoms with Crippen LogP contribution in [0.2, 0.25) is 0 Å². The zero-order chi connectivity index (χ0) is 90.8. The molecule has 23 heteroatoms. The summed E-state index contributed by atoms with van der Waals surface area (Å²) in [6, 6.07) is 65.5. The normalized spacial score (nSPS) is 12.9. The predicted molar refractivity (Wildman–Crippen MR) is 491 cm³/mol. The number of anilines is 1. The number of imide groups is 1. The molecular formula is C101H120N6O14S3. The standard InChI is InChI=1S/C30H35NO4S.C29H35NO3S.C29H32O4S.C13H18N4O3/c1-21(2)31(5)30(33)26-16-14-25(15-17-26)29(32)27(13-12-24-10-6-22(3)7-11-24)20-36(34,35)28-18-8-23(4)9-19-28;1-21(2)30(5)27-16-14-25(15-17-27)29(31)26(13-12-24-10-6-22(3)7-11-24)20-34(32,33)28-18-8-23(4)9-19-28;1-20(2)28(30)24-13-15-25(16-14-24)29(31)26(12-11-23-9-5-21(3)6-10-23)19-34(32,33)27-17-7-22(4)8-18-27;1-10(2)11-8-16(15-14-11)6-3-7-20-9-17-12(18)4-5-13(17)19/h6-11,14-19,21,27H,12-13,20H2,1-5H3;6-11,14-19,21,26H,12-13,20H2,1-5H3;5-10,13-18,20,26H,11-12,19H2,1-4H3;4-5,8,10H,3,6-7,9H2,1-2H3. The molecule has 0 N–H and O–H groups in total. The van der Waals surface area contributed by atoms with Gasteiger partial charge in [-0.1, -0.05) is 212 Å². The highest BCUT2D eigenvalue weighted by atomic mass is 32.2. The van der Waals surface area contributed by atoms with Crippen LogP contribution >= 0.6 is 0 Å². The molecule has 1 aromatic heterocycles. The lowest BCUT2D eigenvalue weighted by Crippen LogP contribution is -2.33. The molecule has 9 aromatic carbocycles. The number of hydrogen-bond acceptors (Lipinski definition) is 17. The molecule has 20 nitrogen and oxygen atoms in total. The molecule has 0 spiro atoms. The van der Waals surface area contributed by atoms with E-state index in [9.17, 15) is 58.8 Å². The number of aromatic nitrogens is 3. The minimum Gasteiger partial charge on any atom is -0.372 e. The number of aryl methyl sites for hydroxylation is 10. The van der Waals surface area contributed by atoms with Gasteiger partial charge in [0.05, 0.1) is 44.2 Å². The lowest BCUT2D eigenvalue weighted by Gasteiger charge is -2.24. The van der Waals surface area contributed by atoms with Gasteiger partial charge in [0.15, 0.2) is 52.6 Å². The van der Waals surface area contributed by atoms with Gasteiger partial charge in [0.2, 0.25) is 0 Å². The quantitative estimate of drug-likeness (QED) is 0.0199. The first-order valence-electron chi connectivity index (χ1n) is 42.2. The Hall–Kier alpha value is -11.2. The molecular weight excluding hydrogens is 1620 g/mol. The molecule has 3 amide bonds. The Labute approximate surface area is 734 Å². The van der Waals surface area contributed by atoms with Crippen LogP contribution in [0.3, 0.4) is 0 Å². The molecule has 124 heavy (non-hydrogen) atoms. The maximum Gasteiger partial charge on any atom is 0.255 e. The van der Waals surface area contributed by atoms with Crippen molar-refractivity contribution >= 4 is 76.1 Å². The molecule has 0 aliphatic carbocycles. The Morgan fingerprint density at radius 2 is 0.702 bits per heavy atom. The third-order valence-electron chi connectivity index (χ3n) is 22.0. The van der Waals surface area contributed by atoms with Gasteiger partial charge < -0.3 is 14.5 Å². The van der Waals surface area contributed by atoms with E-state index in [-0.39, 0.29) is 91.5 Å². The van der Waals surface area contributed by atoms with E-state index in [1.54, 1.807) is 138 Å². The third kappa shape index (κ3) is 29.5. The van der Waals surface area contributed by atoms with Gasteiger partial charge in [-0.2, -0.15) is 0 Å². The first-order valence-corrected chi connectivity index (χ1v) is 47.2. The zero-order valence-electron chi connectivity index (χ0n) is 74.4. The van der Waals surface area contributed by atoms with Crippen LogP contribution < -0.4 is 4.90 Å². The number of ether oxygens (including phenoxy) is 1. The average Bonchev–Trinajstić information content (AvgIpc) is 1.04. The van der Waals surface area contributed by atoms with Crippen molar-refractivity contribution in [1.82, 2.24) is 24.8 Å². The van der Waals surface area contributed by atoms with Crippen LogP contribution in [0.5, 0.6) is 0 Å². The van der Waals surface area contributed by atoms with Crippen molar-refractivity contribution in [3.05, 3.63) is 320 Å². The molecule has 3 unspecified atom stereocenters. The molecule has 0 saturated heterocycles. The summed E-state index contributed by atoms with van der Waals surface area (Å²) in [5.74, 6) is -3.86. The smallest absolute Gasteiger partial charge is 0.255 e. The van der Waals surface area contributed by atoms with Crippen molar-refractivity contribution in [2.75, 3.05) is 49.6 Å². The SMILES string of the molecule is CC(C)c1cn(CCCOCN2C(=O)C=CC2=O)nn1.Cc1ccc(CCC(CS(=O)(=O)c2ccc(C)cc2)C(=O)c2ccc(C(=O)C(C)C)cc2)cc1.Cc1ccc(CCC(CS(=O)(=O)c2ccc(C)cc2)C(=O)c2ccc(C(=O)N(C)C(C)C)cc2)cc1.Cc1ccc(CCC(CS(=O)(=O)c2ccc(C)cc2)C(=O)c2ccc(N(C)C(C)C)cc2)cc1. The Bertz CT molecular complexity index is 5600. The number of rotatable bonds is 37. The minimum absolute atomic E-state index is 0.000726. The molecule has 0 fully saturated rings. The number of amides is 3. The van der Waals surface area contributed by atoms with E-state index in [0.717, 1.165) is 67.2 Å². The van der Waals surface area contributed by atoms with E-state index in [4.69, 9.17) is 4.74 Å². The largest absolute Gasteiger partial charge is 0.372 e.